The Balaban J connectivity index is 0.000000190. The van der Waals surface area contributed by atoms with Crippen LogP contribution in [0.1, 0.15) is 28.8 Å². The Bertz CT molecular complexity index is 703. The molecule has 3 rings (SSSR count). The van der Waals surface area contributed by atoms with Crippen LogP contribution in [0.4, 0.5) is 11.4 Å². The summed E-state index contributed by atoms with van der Waals surface area (Å²) in [5, 5.41) is 12.1. The number of aliphatic hydroxyl groups is 1. The molecule has 1 heterocycles. The molecule has 6 heteroatoms. The van der Waals surface area contributed by atoms with Crippen molar-refractivity contribution >= 4 is 29.3 Å². The van der Waals surface area contributed by atoms with E-state index in [9.17, 15) is 4.79 Å². The first-order valence-corrected chi connectivity index (χ1v) is 9.18. The molecule has 0 radical (unpaired) electrons. The molecule has 2 aromatic rings. The summed E-state index contributed by atoms with van der Waals surface area (Å²) in [6.07, 6.45) is 3.27. The molecule has 2 aromatic carbocycles. The minimum absolute atomic E-state index is 0.159. The van der Waals surface area contributed by atoms with Crippen LogP contribution in [-0.4, -0.2) is 37.6 Å². The number of aldehydes is 1. The number of carbonyl (C=O) groups excluding carboxylic acids is 1. The van der Waals surface area contributed by atoms with Crippen molar-refractivity contribution in [3.8, 4) is 0 Å². The largest absolute Gasteiger partial charge is 0.398 e. The lowest BCUT2D eigenvalue weighted by Gasteiger charge is -2.17. The van der Waals surface area contributed by atoms with E-state index >= 15 is 0 Å². The van der Waals surface area contributed by atoms with Gasteiger partial charge in [0.25, 0.3) is 0 Å². The summed E-state index contributed by atoms with van der Waals surface area (Å²) in [5.74, 6) is 0. The summed E-state index contributed by atoms with van der Waals surface area (Å²) in [7, 11) is 0. The first-order valence-electron chi connectivity index (χ1n) is 8.80. The number of nitrogens with zero attached hydrogens (tertiary/aromatic N) is 1. The second kappa shape index (κ2) is 10.8. The molecule has 4 N–H and O–H groups in total. The first-order chi connectivity index (χ1) is 12.7. The van der Waals surface area contributed by atoms with Crippen LogP contribution in [0.2, 0.25) is 5.02 Å². The van der Waals surface area contributed by atoms with Gasteiger partial charge in [-0.05, 0) is 42.7 Å². The zero-order chi connectivity index (χ0) is 18.8. The SMILES string of the molecule is Nc1ccccc1CNCCO.O=Cc1ccc(N2CCCC2)cc1Cl. The number of nitrogens with one attached hydrogen (secondary N) is 1. The summed E-state index contributed by atoms with van der Waals surface area (Å²) < 4.78 is 0. The Kier molecular flexibility index (Phi) is 8.41. The van der Waals surface area contributed by atoms with Crippen molar-refractivity contribution in [2.24, 2.45) is 0 Å². The number of nitrogen functional groups attached to an aromatic ring is 1. The van der Waals surface area contributed by atoms with Crippen LogP contribution in [0.3, 0.4) is 0 Å². The number of rotatable bonds is 6. The van der Waals surface area contributed by atoms with Gasteiger partial charge in [-0.25, -0.2) is 0 Å². The number of benzene rings is 2. The number of para-hydroxylation sites is 1. The van der Waals surface area contributed by atoms with Crippen LogP contribution < -0.4 is 16.0 Å². The van der Waals surface area contributed by atoms with Crippen LogP contribution in [0, 0.1) is 0 Å². The van der Waals surface area contributed by atoms with Gasteiger partial charge in [-0.3, -0.25) is 4.79 Å². The number of nitrogens with two attached hydrogens (primary N) is 1. The van der Waals surface area contributed by atoms with E-state index in [2.05, 4.69) is 10.2 Å². The van der Waals surface area contributed by atoms with E-state index in [-0.39, 0.29) is 6.61 Å². The zero-order valence-corrected chi connectivity index (χ0v) is 15.6. The maximum absolute atomic E-state index is 10.6. The lowest BCUT2D eigenvalue weighted by atomic mass is 10.2. The molecular formula is C20H26ClN3O2. The van der Waals surface area contributed by atoms with E-state index in [1.54, 1.807) is 6.07 Å². The molecule has 0 aliphatic carbocycles. The van der Waals surface area contributed by atoms with Crippen molar-refractivity contribution in [1.82, 2.24) is 5.32 Å². The number of hydrogen-bond acceptors (Lipinski definition) is 5. The summed E-state index contributed by atoms with van der Waals surface area (Å²) in [5.41, 5.74) is 9.26. The van der Waals surface area contributed by atoms with Crippen molar-refractivity contribution in [1.29, 1.82) is 0 Å². The third-order valence-corrected chi connectivity index (χ3v) is 4.57. The second-order valence-electron chi connectivity index (χ2n) is 6.12. The molecule has 0 bridgehead atoms. The topological polar surface area (TPSA) is 78.6 Å². The molecule has 1 saturated heterocycles. The van der Waals surface area contributed by atoms with E-state index in [4.69, 9.17) is 22.4 Å². The van der Waals surface area contributed by atoms with Gasteiger partial charge in [-0.2, -0.15) is 0 Å². The molecule has 26 heavy (non-hydrogen) atoms. The molecular weight excluding hydrogens is 350 g/mol. The Morgan fingerprint density at radius 3 is 2.54 bits per heavy atom. The first kappa shape index (κ1) is 20.2. The minimum atomic E-state index is 0.159. The molecule has 1 aliphatic rings. The van der Waals surface area contributed by atoms with Crippen LogP contribution in [0.5, 0.6) is 0 Å². The Labute approximate surface area is 159 Å². The predicted octanol–water partition coefficient (Wildman–Crippen LogP) is 3.10. The fraction of sp³-hybridized carbons (Fsp3) is 0.350. The average molecular weight is 376 g/mol. The van der Waals surface area contributed by atoms with Gasteiger partial charge in [-0.1, -0.05) is 29.8 Å². The molecule has 1 aliphatic heterocycles. The van der Waals surface area contributed by atoms with Gasteiger partial charge in [-0.15, -0.1) is 0 Å². The van der Waals surface area contributed by atoms with Crippen LogP contribution in [-0.2, 0) is 6.54 Å². The third kappa shape index (κ3) is 6.02. The molecule has 0 aromatic heterocycles. The van der Waals surface area contributed by atoms with E-state index in [1.807, 2.05) is 36.4 Å². The second-order valence-corrected chi connectivity index (χ2v) is 6.52. The minimum Gasteiger partial charge on any atom is -0.398 e. The Morgan fingerprint density at radius 1 is 1.19 bits per heavy atom. The van der Waals surface area contributed by atoms with Crippen molar-refractivity contribution in [2.45, 2.75) is 19.4 Å². The summed E-state index contributed by atoms with van der Waals surface area (Å²) in [6.45, 7) is 3.67. The van der Waals surface area contributed by atoms with Gasteiger partial charge in [0.15, 0.2) is 6.29 Å². The lowest BCUT2D eigenvalue weighted by Crippen LogP contribution is -2.18. The van der Waals surface area contributed by atoms with Crippen molar-refractivity contribution < 1.29 is 9.90 Å². The van der Waals surface area contributed by atoms with E-state index in [0.29, 0.717) is 23.7 Å². The number of carbonyl (C=O) groups is 1. The molecule has 0 amide bonds. The van der Waals surface area contributed by atoms with Gasteiger partial charge in [0.1, 0.15) is 0 Å². The smallest absolute Gasteiger partial charge is 0.151 e. The highest BCUT2D eigenvalue weighted by Gasteiger charge is 2.13. The number of hydrogen-bond donors (Lipinski definition) is 3. The lowest BCUT2D eigenvalue weighted by molar-refractivity contribution is 0.112. The average Bonchev–Trinajstić information content (AvgIpc) is 3.19. The van der Waals surface area contributed by atoms with Crippen molar-refractivity contribution in [2.75, 3.05) is 36.9 Å². The maximum Gasteiger partial charge on any atom is 0.151 e. The van der Waals surface area contributed by atoms with Gasteiger partial charge >= 0.3 is 0 Å². The Morgan fingerprint density at radius 2 is 1.92 bits per heavy atom. The van der Waals surface area contributed by atoms with E-state index < -0.39 is 0 Å². The normalized spacial score (nSPS) is 13.2. The molecule has 1 fully saturated rings. The molecule has 0 saturated carbocycles. The molecule has 140 valence electrons. The fourth-order valence-corrected chi connectivity index (χ4v) is 3.00. The highest BCUT2D eigenvalue weighted by molar-refractivity contribution is 6.33. The Hall–Kier alpha value is -2.08. The third-order valence-electron chi connectivity index (χ3n) is 4.24. The van der Waals surface area contributed by atoms with Gasteiger partial charge < -0.3 is 21.1 Å². The quantitative estimate of drug-likeness (QED) is 0.411. The van der Waals surface area contributed by atoms with Crippen molar-refractivity contribution in [3.63, 3.8) is 0 Å². The highest BCUT2D eigenvalue weighted by Crippen LogP contribution is 2.25. The van der Waals surface area contributed by atoms with E-state index in [1.165, 1.54) is 12.8 Å². The predicted molar refractivity (Wildman–Crippen MR) is 108 cm³/mol. The number of anilines is 2. The highest BCUT2D eigenvalue weighted by atomic mass is 35.5. The summed E-state index contributed by atoms with van der Waals surface area (Å²) >= 11 is 5.95. The summed E-state index contributed by atoms with van der Waals surface area (Å²) in [4.78, 5) is 12.9. The van der Waals surface area contributed by atoms with Crippen LogP contribution >= 0.6 is 11.6 Å². The molecule has 5 nitrogen and oxygen atoms in total. The van der Waals surface area contributed by atoms with Crippen molar-refractivity contribution in [3.05, 3.63) is 58.6 Å². The van der Waals surface area contributed by atoms with Gasteiger partial charge in [0, 0.05) is 43.1 Å². The van der Waals surface area contributed by atoms with Crippen LogP contribution in [0.15, 0.2) is 42.5 Å². The molecule has 0 atom stereocenters. The van der Waals surface area contributed by atoms with Crippen LogP contribution in [0.25, 0.3) is 0 Å². The van der Waals surface area contributed by atoms with E-state index in [0.717, 1.165) is 36.3 Å². The molecule has 0 spiro atoms. The fourth-order valence-electron chi connectivity index (χ4n) is 2.78. The number of halogens is 1. The maximum atomic E-state index is 10.6. The monoisotopic (exact) mass is 375 g/mol. The standard InChI is InChI=1S/C11H12ClNO.C9H14N2O/c12-11-7-10(4-3-9(11)8-14)13-5-1-2-6-13;10-9-4-2-1-3-8(9)7-11-5-6-12/h3-4,7-8H,1-2,5-6H2;1-4,11-12H,5-7,10H2. The van der Waals surface area contributed by atoms with Gasteiger partial charge in [0.2, 0.25) is 0 Å². The number of aliphatic hydroxyl groups excluding tert-OH is 1. The zero-order valence-electron chi connectivity index (χ0n) is 14.8. The molecule has 0 unspecified atom stereocenters. The summed E-state index contributed by atoms with van der Waals surface area (Å²) in [6, 6.07) is 13.3. The van der Waals surface area contributed by atoms with Gasteiger partial charge in [0.05, 0.1) is 11.6 Å².